The molecule has 0 bridgehead atoms. The van der Waals surface area contributed by atoms with Crippen LogP contribution in [0.5, 0.6) is 0 Å². The average Bonchev–Trinajstić information content (AvgIpc) is 3.92. The van der Waals surface area contributed by atoms with Gasteiger partial charge in [0.15, 0.2) is 0 Å². The second-order valence-corrected chi connectivity index (χ2v) is 18.5. The molecule has 0 saturated carbocycles. The first-order chi connectivity index (χ1) is 34.4. The minimum atomic E-state index is 0.0618. The van der Waals surface area contributed by atoms with Crippen LogP contribution in [0.3, 0.4) is 0 Å². The topological polar surface area (TPSA) is 16.3 Å². The number of aromatic nitrogens is 2. The van der Waals surface area contributed by atoms with Crippen LogP contribution < -0.4 is 20.4 Å². The van der Waals surface area contributed by atoms with Crippen molar-refractivity contribution in [3.05, 3.63) is 259 Å². The van der Waals surface area contributed by atoms with Gasteiger partial charge in [-0.05, 0) is 132 Å². The Kier molecular flexibility index (Phi) is 10.7. The van der Waals surface area contributed by atoms with Crippen LogP contribution in [-0.2, 0) is 0 Å². The number of fused-ring (bicyclic) bond motifs is 6. The van der Waals surface area contributed by atoms with Gasteiger partial charge in [-0.1, -0.05) is 165 Å². The SMILES string of the molecule is C=Cc1ccc(N(c2ccc(-c3ccc(N(c4ccc(C(=C)C)cc4)c4ccc5c(c4)c4ccccc4n5-c4ccccc4)cc3)cc2)C2C=c3c(n(-c4ccccc4)c4ccccc34)=CC2C)cc1. The van der Waals surface area contributed by atoms with Crippen LogP contribution in [0.15, 0.2) is 238 Å². The lowest BCUT2D eigenvalue weighted by Crippen LogP contribution is -2.43. The van der Waals surface area contributed by atoms with Crippen LogP contribution in [0, 0.1) is 5.92 Å². The van der Waals surface area contributed by atoms with Gasteiger partial charge in [-0.2, -0.15) is 0 Å². The molecule has 12 rings (SSSR count). The van der Waals surface area contributed by atoms with Crippen molar-refractivity contribution >= 4 is 84.9 Å². The monoisotopic (exact) mass is 900 g/mol. The minimum absolute atomic E-state index is 0.0618. The summed E-state index contributed by atoms with van der Waals surface area (Å²) in [7, 11) is 0. The van der Waals surface area contributed by atoms with Gasteiger partial charge in [0.05, 0.1) is 27.9 Å². The van der Waals surface area contributed by atoms with Crippen molar-refractivity contribution in [3.63, 3.8) is 0 Å². The molecule has 2 unspecified atom stereocenters. The molecule has 0 N–H and O–H groups in total. The largest absolute Gasteiger partial charge is 0.334 e. The van der Waals surface area contributed by atoms with E-state index >= 15 is 0 Å². The number of benzene rings is 9. The summed E-state index contributed by atoms with van der Waals surface area (Å²) in [4.78, 5) is 4.86. The zero-order valence-electron chi connectivity index (χ0n) is 39.5. The molecule has 11 aromatic rings. The summed E-state index contributed by atoms with van der Waals surface area (Å²) < 4.78 is 4.78. The molecule has 336 valence electrons. The Morgan fingerprint density at radius 2 is 0.957 bits per heavy atom. The normalized spacial score (nSPS) is 14.2. The molecule has 4 heteroatoms. The molecule has 0 amide bonds. The molecule has 70 heavy (non-hydrogen) atoms. The number of hydrogen-bond acceptors (Lipinski definition) is 2. The highest BCUT2D eigenvalue weighted by Crippen LogP contribution is 2.41. The summed E-state index contributed by atoms with van der Waals surface area (Å²) in [5.41, 5.74) is 17.0. The smallest absolute Gasteiger partial charge is 0.0592 e. The molecule has 0 radical (unpaired) electrons. The van der Waals surface area contributed by atoms with Gasteiger partial charge in [-0.3, -0.25) is 0 Å². The second-order valence-electron chi connectivity index (χ2n) is 18.5. The zero-order chi connectivity index (χ0) is 47.3. The van der Waals surface area contributed by atoms with E-state index in [1.807, 2.05) is 6.08 Å². The molecule has 0 saturated heterocycles. The lowest BCUT2D eigenvalue weighted by atomic mass is 9.92. The quantitative estimate of drug-likeness (QED) is 0.129. The number of anilines is 5. The van der Waals surface area contributed by atoms with E-state index in [1.54, 1.807) is 0 Å². The van der Waals surface area contributed by atoms with E-state index in [4.69, 9.17) is 0 Å². The van der Waals surface area contributed by atoms with Crippen molar-refractivity contribution in [2.45, 2.75) is 19.9 Å². The van der Waals surface area contributed by atoms with Crippen molar-refractivity contribution in [1.29, 1.82) is 0 Å². The third-order valence-corrected chi connectivity index (χ3v) is 14.1. The summed E-state index contributed by atoms with van der Waals surface area (Å²) in [6.07, 6.45) is 6.87. The first-order valence-electron chi connectivity index (χ1n) is 24.2. The predicted octanol–water partition coefficient (Wildman–Crippen LogP) is 16.0. The first kappa shape index (κ1) is 42.5. The molecule has 2 heterocycles. The van der Waals surface area contributed by atoms with Gasteiger partial charge in [0, 0.05) is 67.1 Å². The molecule has 2 aromatic heterocycles. The summed E-state index contributed by atoms with van der Waals surface area (Å²) >= 11 is 0. The fourth-order valence-corrected chi connectivity index (χ4v) is 10.6. The molecule has 0 aliphatic heterocycles. The van der Waals surface area contributed by atoms with Crippen LogP contribution in [0.25, 0.3) is 79.0 Å². The maximum Gasteiger partial charge on any atom is 0.0592 e. The van der Waals surface area contributed by atoms with Gasteiger partial charge in [-0.25, -0.2) is 0 Å². The molecule has 0 spiro atoms. The highest BCUT2D eigenvalue weighted by molar-refractivity contribution is 6.10. The molecule has 9 aromatic carbocycles. The molecular weight excluding hydrogens is 849 g/mol. The summed E-state index contributed by atoms with van der Waals surface area (Å²) in [6, 6.07) is 81.4. The van der Waals surface area contributed by atoms with Crippen LogP contribution in [0.2, 0.25) is 0 Å². The molecule has 1 aliphatic carbocycles. The predicted molar refractivity (Wildman–Crippen MR) is 299 cm³/mol. The van der Waals surface area contributed by atoms with E-state index in [9.17, 15) is 0 Å². The van der Waals surface area contributed by atoms with Crippen LogP contribution >= 0.6 is 0 Å². The lowest BCUT2D eigenvalue weighted by molar-refractivity contribution is 0.658. The van der Waals surface area contributed by atoms with Gasteiger partial charge in [-0.15, -0.1) is 0 Å². The second kappa shape index (κ2) is 17.7. The molecule has 1 aliphatic rings. The van der Waals surface area contributed by atoms with E-state index in [2.05, 4.69) is 283 Å². The van der Waals surface area contributed by atoms with Crippen LogP contribution in [0.4, 0.5) is 28.4 Å². The van der Waals surface area contributed by atoms with E-state index in [0.29, 0.717) is 0 Å². The standard InChI is InChI=1S/C66H52N4/c1-5-47-24-32-55(33-25-47)68(65-44-61-59-21-13-15-23-63(59)70(66(61)42-46(65)4)52-18-10-7-11-19-52)56-38-30-50(31-39-56)49-28-36-54(37-29-49)67(53-34-26-48(27-35-53)45(2)3)57-40-41-64-60(43-57)58-20-12-14-22-62(58)69(64)51-16-8-6-9-17-51/h5-44,46,65H,1-2H2,3-4H3. The number of hydrogen-bond donors (Lipinski definition) is 0. The van der Waals surface area contributed by atoms with Crippen molar-refractivity contribution in [2.75, 3.05) is 9.80 Å². The van der Waals surface area contributed by atoms with E-state index < -0.39 is 0 Å². The third kappa shape index (κ3) is 7.42. The fourth-order valence-electron chi connectivity index (χ4n) is 10.6. The Hall–Kier alpha value is -8.86. The molecule has 0 fully saturated rings. The average molecular weight is 901 g/mol. The Morgan fingerprint density at radius 1 is 0.471 bits per heavy atom. The van der Waals surface area contributed by atoms with Crippen LogP contribution in [0.1, 0.15) is 25.0 Å². The lowest BCUT2D eigenvalue weighted by Gasteiger charge is -2.36. The van der Waals surface area contributed by atoms with Gasteiger partial charge in [0.2, 0.25) is 0 Å². The molecular formula is C66H52N4. The number of rotatable bonds is 11. The Bertz CT molecular complexity index is 3860. The molecule has 2 atom stereocenters. The summed E-state index contributed by atoms with van der Waals surface area (Å²) in [5, 5.41) is 6.21. The zero-order valence-corrected chi connectivity index (χ0v) is 39.5. The fraction of sp³-hybridized carbons (Fsp3) is 0.0606. The van der Waals surface area contributed by atoms with E-state index in [0.717, 1.165) is 62.0 Å². The van der Waals surface area contributed by atoms with Crippen LogP contribution in [-0.4, -0.2) is 15.2 Å². The van der Waals surface area contributed by atoms with Crippen molar-refractivity contribution < 1.29 is 0 Å². The minimum Gasteiger partial charge on any atom is -0.334 e. The Balaban J connectivity index is 0.919. The van der Waals surface area contributed by atoms with Crippen molar-refractivity contribution in [3.8, 4) is 22.5 Å². The summed E-state index contributed by atoms with van der Waals surface area (Å²) in [5.74, 6) is 0.203. The van der Waals surface area contributed by atoms with E-state index in [1.165, 1.54) is 49.0 Å². The highest BCUT2D eigenvalue weighted by atomic mass is 15.2. The highest BCUT2D eigenvalue weighted by Gasteiger charge is 2.28. The van der Waals surface area contributed by atoms with Crippen molar-refractivity contribution in [2.24, 2.45) is 5.92 Å². The number of para-hydroxylation sites is 4. The Labute approximate surface area is 409 Å². The summed E-state index contributed by atoms with van der Waals surface area (Å²) in [6.45, 7) is 12.7. The van der Waals surface area contributed by atoms with Gasteiger partial charge in [0.25, 0.3) is 0 Å². The Morgan fingerprint density at radius 3 is 1.56 bits per heavy atom. The van der Waals surface area contributed by atoms with Gasteiger partial charge < -0.3 is 18.9 Å². The van der Waals surface area contributed by atoms with E-state index in [-0.39, 0.29) is 12.0 Å². The maximum absolute atomic E-state index is 4.21. The number of allylic oxidation sites excluding steroid dienone is 1. The van der Waals surface area contributed by atoms with Gasteiger partial charge >= 0.3 is 0 Å². The first-order valence-corrected chi connectivity index (χ1v) is 24.2. The van der Waals surface area contributed by atoms with Gasteiger partial charge in [0.1, 0.15) is 0 Å². The third-order valence-electron chi connectivity index (χ3n) is 14.1. The maximum atomic E-state index is 4.21. The number of nitrogens with zero attached hydrogens (tertiary/aromatic N) is 4. The molecule has 4 nitrogen and oxygen atoms in total. The van der Waals surface area contributed by atoms with Crippen molar-refractivity contribution in [1.82, 2.24) is 9.13 Å².